The first kappa shape index (κ1) is 11.6. The van der Waals surface area contributed by atoms with E-state index in [1.54, 1.807) is 7.11 Å². The zero-order chi connectivity index (χ0) is 12.4. The van der Waals surface area contributed by atoms with Gasteiger partial charge in [-0.3, -0.25) is 4.98 Å². The van der Waals surface area contributed by atoms with Crippen LogP contribution in [0.2, 0.25) is 0 Å². The Morgan fingerprint density at radius 1 is 1.22 bits per heavy atom. The predicted molar refractivity (Wildman–Crippen MR) is 72.4 cm³/mol. The summed E-state index contributed by atoms with van der Waals surface area (Å²) in [5.74, 6) is 0. The number of methoxy groups -OCH3 is 1. The van der Waals surface area contributed by atoms with E-state index in [2.05, 4.69) is 34.6 Å². The SMILES string of the molecule is COC1CC(NCc2ccc3ccccc3n2)C1. The molecule has 0 unspecified atom stereocenters. The molecular formula is C15H18N2O. The molecule has 94 valence electrons. The van der Waals surface area contributed by atoms with Crippen molar-refractivity contribution in [2.24, 2.45) is 0 Å². The van der Waals surface area contributed by atoms with Crippen molar-refractivity contribution in [3.05, 3.63) is 42.1 Å². The normalized spacial score (nSPS) is 22.9. The van der Waals surface area contributed by atoms with E-state index in [1.165, 1.54) is 5.39 Å². The van der Waals surface area contributed by atoms with Gasteiger partial charge >= 0.3 is 0 Å². The van der Waals surface area contributed by atoms with Crippen LogP contribution in [0.15, 0.2) is 36.4 Å². The molecule has 0 atom stereocenters. The highest BCUT2D eigenvalue weighted by Gasteiger charge is 2.28. The largest absolute Gasteiger partial charge is 0.381 e. The van der Waals surface area contributed by atoms with E-state index in [0.29, 0.717) is 12.1 Å². The molecule has 1 fully saturated rings. The molecule has 3 nitrogen and oxygen atoms in total. The minimum Gasteiger partial charge on any atom is -0.381 e. The monoisotopic (exact) mass is 242 g/mol. The number of para-hydroxylation sites is 1. The minimum atomic E-state index is 0.451. The lowest BCUT2D eigenvalue weighted by atomic mass is 9.89. The van der Waals surface area contributed by atoms with E-state index in [4.69, 9.17) is 4.74 Å². The highest BCUT2D eigenvalue weighted by Crippen LogP contribution is 2.22. The third kappa shape index (κ3) is 2.37. The minimum absolute atomic E-state index is 0.451. The summed E-state index contributed by atoms with van der Waals surface area (Å²) in [5, 5.41) is 4.72. The number of fused-ring (bicyclic) bond motifs is 1. The molecule has 1 aliphatic carbocycles. The second-order valence-corrected chi connectivity index (χ2v) is 4.90. The maximum atomic E-state index is 5.27. The molecule has 0 bridgehead atoms. The molecule has 3 rings (SSSR count). The molecule has 1 aromatic heterocycles. The molecule has 18 heavy (non-hydrogen) atoms. The van der Waals surface area contributed by atoms with Gasteiger partial charge in [0.2, 0.25) is 0 Å². The fourth-order valence-electron chi connectivity index (χ4n) is 2.38. The van der Waals surface area contributed by atoms with E-state index in [9.17, 15) is 0 Å². The van der Waals surface area contributed by atoms with E-state index in [0.717, 1.165) is 30.6 Å². The summed E-state index contributed by atoms with van der Waals surface area (Å²) >= 11 is 0. The number of ether oxygens (including phenoxy) is 1. The third-order valence-corrected chi connectivity index (χ3v) is 3.66. The molecule has 0 radical (unpaired) electrons. The Labute approximate surface area is 107 Å². The second kappa shape index (κ2) is 5.04. The average Bonchev–Trinajstić information content (AvgIpc) is 2.37. The zero-order valence-corrected chi connectivity index (χ0v) is 10.6. The number of nitrogens with zero attached hydrogens (tertiary/aromatic N) is 1. The van der Waals surface area contributed by atoms with Crippen molar-refractivity contribution in [2.75, 3.05) is 7.11 Å². The Morgan fingerprint density at radius 2 is 2.06 bits per heavy atom. The van der Waals surface area contributed by atoms with Crippen molar-refractivity contribution in [3.8, 4) is 0 Å². The van der Waals surface area contributed by atoms with Crippen LogP contribution in [0.3, 0.4) is 0 Å². The van der Waals surface area contributed by atoms with Crippen molar-refractivity contribution in [1.29, 1.82) is 0 Å². The summed E-state index contributed by atoms with van der Waals surface area (Å²) in [6, 6.07) is 13.0. The van der Waals surface area contributed by atoms with E-state index < -0.39 is 0 Å². The highest BCUT2D eigenvalue weighted by molar-refractivity contribution is 5.78. The Hall–Kier alpha value is -1.45. The van der Waals surface area contributed by atoms with Crippen molar-refractivity contribution in [3.63, 3.8) is 0 Å². The fraction of sp³-hybridized carbons (Fsp3) is 0.400. The number of nitrogens with one attached hydrogen (secondary N) is 1. The van der Waals surface area contributed by atoms with Crippen LogP contribution >= 0.6 is 0 Å². The number of hydrogen-bond donors (Lipinski definition) is 1. The summed E-state index contributed by atoms with van der Waals surface area (Å²) in [7, 11) is 1.78. The van der Waals surface area contributed by atoms with Crippen molar-refractivity contribution >= 4 is 10.9 Å². The number of rotatable bonds is 4. The van der Waals surface area contributed by atoms with Gasteiger partial charge in [-0.1, -0.05) is 24.3 Å². The fourth-order valence-corrected chi connectivity index (χ4v) is 2.38. The molecule has 2 aromatic rings. The summed E-state index contributed by atoms with van der Waals surface area (Å²) in [6.45, 7) is 0.839. The first-order chi connectivity index (χ1) is 8.85. The lowest BCUT2D eigenvalue weighted by Gasteiger charge is -2.34. The molecule has 1 heterocycles. The molecule has 3 heteroatoms. The van der Waals surface area contributed by atoms with Crippen LogP contribution in [0.1, 0.15) is 18.5 Å². The van der Waals surface area contributed by atoms with Gasteiger partial charge in [0, 0.05) is 25.1 Å². The first-order valence-electron chi connectivity index (χ1n) is 6.46. The topological polar surface area (TPSA) is 34.1 Å². The summed E-state index contributed by atoms with van der Waals surface area (Å²) in [5.41, 5.74) is 2.18. The van der Waals surface area contributed by atoms with Gasteiger partial charge < -0.3 is 10.1 Å². The molecule has 0 saturated heterocycles. The number of aromatic nitrogens is 1. The van der Waals surface area contributed by atoms with Gasteiger partial charge in [0.25, 0.3) is 0 Å². The van der Waals surface area contributed by atoms with Gasteiger partial charge in [-0.05, 0) is 25.0 Å². The Balaban J connectivity index is 1.61. The quantitative estimate of drug-likeness (QED) is 0.894. The summed E-state index contributed by atoms with van der Waals surface area (Å²) < 4.78 is 5.27. The molecular weight excluding hydrogens is 224 g/mol. The molecule has 1 saturated carbocycles. The second-order valence-electron chi connectivity index (χ2n) is 4.90. The standard InChI is InChI=1S/C15H18N2O/c1-18-14-8-13(9-14)16-10-12-7-6-11-4-2-3-5-15(11)17-12/h2-7,13-14,16H,8-10H2,1H3. The first-order valence-corrected chi connectivity index (χ1v) is 6.46. The van der Waals surface area contributed by atoms with Crippen LogP contribution < -0.4 is 5.32 Å². The predicted octanol–water partition coefficient (Wildman–Crippen LogP) is 2.50. The maximum Gasteiger partial charge on any atom is 0.0705 e. The number of hydrogen-bond acceptors (Lipinski definition) is 3. The smallest absolute Gasteiger partial charge is 0.0705 e. The highest BCUT2D eigenvalue weighted by atomic mass is 16.5. The van der Waals surface area contributed by atoms with Gasteiger partial charge in [0.15, 0.2) is 0 Å². The number of pyridine rings is 1. The van der Waals surface area contributed by atoms with E-state index in [1.807, 2.05) is 12.1 Å². The summed E-state index contributed by atoms with van der Waals surface area (Å²) in [4.78, 5) is 4.65. The lowest BCUT2D eigenvalue weighted by Crippen LogP contribution is -2.44. The van der Waals surface area contributed by atoms with E-state index >= 15 is 0 Å². The van der Waals surface area contributed by atoms with Crippen LogP contribution in [0, 0.1) is 0 Å². The van der Waals surface area contributed by atoms with Gasteiger partial charge in [0.1, 0.15) is 0 Å². The van der Waals surface area contributed by atoms with Crippen LogP contribution in [0.5, 0.6) is 0 Å². The Bertz CT molecular complexity index is 535. The van der Waals surface area contributed by atoms with Crippen LogP contribution in [0.25, 0.3) is 10.9 Å². The van der Waals surface area contributed by atoms with Crippen molar-refractivity contribution in [2.45, 2.75) is 31.5 Å². The van der Waals surface area contributed by atoms with Crippen LogP contribution in [0.4, 0.5) is 0 Å². The van der Waals surface area contributed by atoms with Gasteiger partial charge in [0.05, 0.1) is 17.3 Å². The maximum absolute atomic E-state index is 5.27. The molecule has 0 aliphatic heterocycles. The molecule has 1 aromatic carbocycles. The van der Waals surface area contributed by atoms with E-state index in [-0.39, 0.29) is 0 Å². The van der Waals surface area contributed by atoms with Crippen molar-refractivity contribution < 1.29 is 4.74 Å². The Morgan fingerprint density at radius 3 is 2.89 bits per heavy atom. The average molecular weight is 242 g/mol. The Kier molecular flexibility index (Phi) is 3.26. The third-order valence-electron chi connectivity index (χ3n) is 3.66. The van der Waals surface area contributed by atoms with Gasteiger partial charge in [-0.2, -0.15) is 0 Å². The van der Waals surface area contributed by atoms with Crippen molar-refractivity contribution in [1.82, 2.24) is 10.3 Å². The molecule has 0 amide bonds. The molecule has 1 aliphatic rings. The zero-order valence-electron chi connectivity index (χ0n) is 10.6. The van der Waals surface area contributed by atoms with Crippen LogP contribution in [-0.4, -0.2) is 24.2 Å². The molecule has 1 N–H and O–H groups in total. The molecule has 0 spiro atoms. The lowest BCUT2D eigenvalue weighted by molar-refractivity contribution is 0.0169. The number of benzene rings is 1. The van der Waals surface area contributed by atoms with Gasteiger partial charge in [-0.15, -0.1) is 0 Å². The van der Waals surface area contributed by atoms with Gasteiger partial charge in [-0.25, -0.2) is 0 Å². The van der Waals surface area contributed by atoms with Crippen LogP contribution in [-0.2, 0) is 11.3 Å². The summed E-state index contributed by atoms with van der Waals surface area (Å²) in [6.07, 6.45) is 2.68.